The first-order valence-corrected chi connectivity index (χ1v) is 13.2. The number of carbonyl (C=O) groups is 1. The fourth-order valence-electron chi connectivity index (χ4n) is 6.07. The van der Waals surface area contributed by atoms with E-state index in [1.165, 1.54) is 5.56 Å². The summed E-state index contributed by atoms with van der Waals surface area (Å²) in [5, 5.41) is 11.4. The Hall–Kier alpha value is -3.71. The van der Waals surface area contributed by atoms with Crippen LogP contribution < -0.4 is 5.73 Å². The minimum atomic E-state index is -1.12. The van der Waals surface area contributed by atoms with Crippen molar-refractivity contribution in [2.24, 2.45) is 0 Å². The lowest BCUT2D eigenvalue weighted by atomic mass is 9.86. The van der Waals surface area contributed by atoms with Crippen LogP contribution in [0.3, 0.4) is 0 Å². The molecule has 2 aliphatic heterocycles. The number of nitrogen functional groups attached to an aromatic ring is 1. The maximum atomic E-state index is 12.4. The van der Waals surface area contributed by atoms with E-state index in [1.807, 2.05) is 58.8 Å². The number of hydrogen-bond donors (Lipinski definition) is 2. The molecule has 6 rings (SSSR count). The third-order valence-corrected chi connectivity index (χ3v) is 8.31. The summed E-state index contributed by atoms with van der Waals surface area (Å²) in [4.78, 5) is 23.9. The van der Waals surface area contributed by atoms with Gasteiger partial charge < -0.3 is 15.7 Å². The fourth-order valence-corrected chi connectivity index (χ4v) is 6.07. The summed E-state index contributed by atoms with van der Waals surface area (Å²) in [5.41, 5.74) is 10.6. The number of anilines is 1. The molecule has 2 aromatic carbocycles. The normalized spacial score (nSPS) is 21.3. The van der Waals surface area contributed by atoms with E-state index in [2.05, 4.69) is 24.0 Å². The molecule has 2 aromatic heterocycles. The number of aromatic nitrogens is 3. The predicted molar refractivity (Wildman–Crippen MR) is 144 cm³/mol. The zero-order chi connectivity index (χ0) is 25.7. The summed E-state index contributed by atoms with van der Waals surface area (Å²) in [6.07, 6.45) is 8.15. The number of imidazole rings is 1. The van der Waals surface area contributed by atoms with Gasteiger partial charge in [0.2, 0.25) is 5.91 Å². The van der Waals surface area contributed by atoms with E-state index in [0.717, 1.165) is 59.4 Å². The van der Waals surface area contributed by atoms with Crippen molar-refractivity contribution >= 4 is 17.2 Å². The van der Waals surface area contributed by atoms with Crippen molar-refractivity contribution in [2.45, 2.75) is 63.5 Å². The number of nitrogens with two attached hydrogens (primary N) is 1. The van der Waals surface area contributed by atoms with Gasteiger partial charge in [-0.25, -0.2) is 9.97 Å². The van der Waals surface area contributed by atoms with Crippen molar-refractivity contribution in [3.05, 3.63) is 83.4 Å². The molecular formula is C30H33N5O2. The van der Waals surface area contributed by atoms with Crippen molar-refractivity contribution < 1.29 is 9.90 Å². The second-order valence-corrected chi connectivity index (χ2v) is 10.6. The Labute approximate surface area is 217 Å². The first kappa shape index (κ1) is 23.7. The van der Waals surface area contributed by atoms with Gasteiger partial charge in [-0.15, -0.1) is 0 Å². The highest BCUT2D eigenvalue weighted by Crippen LogP contribution is 2.38. The van der Waals surface area contributed by atoms with Crippen LogP contribution in [0.15, 0.2) is 60.9 Å². The molecule has 4 aromatic rings. The van der Waals surface area contributed by atoms with Gasteiger partial charge in [0.05, 0.1) is 0 Å². The predicted octanol–water partition coefficient (Wildman–Crippen LogP) is 4.67. The van der Waals surface area contributed by atoms with Gasteiger partial charge in [-0.05, 0) is 49.3 Å². The largest absolute Gasteiger partial charge is 0.382 e. The number of rotatable bonds is 5. The average Bonchev–Trinajstić information content (AvgIpc) is 3.50. The Morgan fingerprint density at radius 1 is 1.11 bits per heavy atom. The number of fused-ring (bicyclic) bond motifs is 2. The number of piperidine rings is 1. The molecule has 7 nitrogen and oxygen atoms in total. The Kier molecular flexibility index (Phi) is 5.75. The number of nitrogens with zero attached hydrogens (tertiary/aromatic N) is 4. The van der Waals surface area contributed by atoms with Crippen molar-refractivity contribution in [3.63, 3.8) is 0 Å². The lowest BCUT2D eigenvalue weighted by Gasteiger charge is -2.34. The molecule has 1 amide bonds. The van der Waals surface area contributed by atoms with Crippen molar-refractivity contribution in [1.82, 2.24) is 19.3 Å². The van der Waals surface area contributed by atoms with Crippen molar-refractivity contribution in [3.8, 4) is 11.3 Å². The molecule has 2 saturated heterocycles. The fraction of sp³-hybridized carbons (Fsp3) is 0.367. The highest BCUT2D eigenvalue weighted by molar-refractivity contribution is 5.85. The minimum Gasteiger partial charge on any atom is -0.382 e. The molecule has 0 unspecified atom stereocenters. The van der Waals surface area contributed by atoms with Gasteiger partial charge in [0, 0.05) is 42.9 Å². The molecule has 2 aliphatic rings. The summed E-state index contributed by atoms with van der Waals surface area (Å²) >= 11 is 0. The van der Waals surface area contributed by atoms with Crippen molar-refractivity contribution in [2.75, 3.05) is 12.3 Å². The molecule has 0 radical (unpaired) electrons. The van der Waals surface area contributed by atoms with Gasteiger partial charge in [-0.1, -0.05) is 55.5 Å². The Bertz CT molecular complexity index is 1470. The van der Waals surface area contributed by atoms with Crippen LogP contribution in [0.2, 0.25) is 0 Å². The minimum absolute atomic E-state index is 0.146. The summed E-state index contributed by atoms with van der Waals surface area (Å²) in [6.45, 7) is 4.64. The van der Waals surface area contributed by atoms with Crippen molar-refractivity contribution in [1.29, 1.82) is 0 Å². The number of hydrogen-bond acceptors (Lipinski definition) is 5. The monoisotopic (exact) mass is 495 g/mol. The number of aliphatic hydroxyl groups is 1. The van der Waals surface area contributed by atoms with Gasteiger partial charge >= 0.3 is 0 Å². The second-order valence-electron chi connectivity index (χ2n) is 10.6. The van der Waals surface area contributed by atoms with E-state index in [9.17, 15) is 9.90 Å². The van der Waals surface area contributed by atoms with Gasteiger partial charge in [0.25, 0.3) is 0 Å². The number of amides is 1. The van der Waals surface area contributed by atoms with E-state index in [1.54, 1.807) is 6.20 Å². The maximum Gasteiger partial charge on any atom is 0.222 e. The average molecular weight is 496 g/mol. The van der Waals surface area contributed by atoms with Crippen LogP contribution >= 0.6 is 0 Å². The molecule has 0 aliphatic carbocycles. The van der Waals surface area contributed by atoms with Gasteiger partial charge in [-0.2, -0.15) is 0 Å². The summed E-state index contributed by atoms with van der Waals surface area (Å²) in [5.74, 6) is 1.75. The second kappa shape index (κ2) is 8.99. The first-order valence-electron chi connectivity index (χ1n) is 13.2. The lowest BCUT2D eigenvalue weighted by molar-refractivity contribution is -0.130. The van der Waals surface area contributed by atoms with Gasteiger partial charge in [0.1, 0.15) is 28.5 Å². The van der Waals surface area contributed by atoms with Crippen LogP contribution in [0, 0.1) is 0 Å². The Balaban J connectivity index is 1.37. The Morgan fingerprint density at radius 3 is 2.70 bits per heavy atom. The third kappa shape index (κ3) is 3.98. The zero-order valence-corrected chi connectivity index (χ0v) is 21.4. The zero-order valence-electron chi connectivity index (χ0n) is 21.4. The quantitative estimate of drug-likeness (QED) is 0.420. The molecule has 0 bridgehead atoms. The van der Waals surface area contributed by atoms with E-state index in [4.69, 9.17) is 10.7 Å². The number of aryl methyl sites for hydroxylation is 1. The molecule has 3 N–H and O–H groups in total. The molecule has 0 spiro atoms. The van der Waals surface area contributed by atoms with Crippen LogP contribution in [-0.4, -0.2) is 42.9 Å². The third-order valence-electron chi connectivity index (χ3n) is 8.31. The molecule has 3 atom stereocenters. The van der Waals surface area contributed by atoms with Crippen LogP contribution in [0.25, 0.3) is 16.8 Å². The molecule has 4 heterocycles. The molecule has 7 heteroatoms. The van der Waals surface area contributed by atoms with Crippen LogP contribution in [0.4, 0.5) is 5.82 Å². The van der Waals surface area contributed by atoms with Gasteiger partial charge in [0.15, 0.2) is 0 Å². The van der Waals surface area contributed by atoms with E-state index in [0.29, 0.717) is 24.8 Å². The van der Waals surface area contributed by atoms with Crippen LogP contribution in [0.1, 0.15) is 68.0 Å². The first-order chi connectivity index (χ1) is 17.9. The SMILES string of the molecule is CCc1cccc([C@](C)(O)c2ccc(-c3nc([C@@H]4CC[C@H]5CCC(=O)N5C4)n4ccnc(N)c34)cc2)c1. The lowest BCUT2D eigenvalue weighted by Crippen LogP contribution is -2.41. The summed E-state index contributed by atoms with van der Waals surface area (Å²) in [7, 11) is 0. The highest BCUT2D eigenvalue weighted by atomic mass is 16.3. The molecule has 190 valence electrons. The van der Waals surface area contributed by atoms with E-state index in [-0.39, 0.29) is 11.8 Å². The summed E-state index contributed by atoms with van der Waals surface area (Å²) in [6, 6.07) is 16.4. The summed E-state index contributed by atoms with van der Waals surface area (Å²) < 4.78 is 2.05. The molecule has 2 fully saturated rings. The Morgan fingerprint density at radius 2 is 1.92 bits per heavy atom. The van der Waals surface area contributed by atoms with Gasteiger partial charge in [-0.3, -0.25) is 9.20 Å². The van der Waals surface area contributed by atoms with E-state index >= 15 is 0 Å². The number of benzene rings is 2. The van der Waals surface area contributed by atoms with E-state index < -0.39 is 5.60 Å². The standard InChI is InChI=1S/C30H33N5O2/c1-3-19-5-4-6-23(17-19)30(2,37)22-10-7-20(8-11-22)26-27-28(31)32-15-16-34(27)29(33-26)21-9-12-24-13-14-25(36)35(24)18-21/h4-8,10-11,15-17,21,24,37H,3,9,12-14,18H2,1-2H3,(H2,31,32)/t21-,24+,30-/m1/s1. The maximum absolute atomic E-state index is 12.4. The number of carbonyl (C=O) groups excluding carboxylic acids is 1. The van der Waals surface area contributed by atoms with Crippen LogP contribution in [-0.2, 0) is 16.8 Å². The molecule has 37 heavy (non-hydrogen) atoms. The molecular weight excluding hydrogens is 462 g/mol. The molecule has 0 saturated carbocycles. The smallest absolute Gasteiger partial charge is 0.222 e. The highest BCUT2D eigenvalue weighted by Gasteiger charge is 2.38. The van der Waals surface area contributed by atoms with Crippen LogP contribution in [0.5, 0.6) is 0 Å². The topological polar surface area (TPSA) is 96.8 Å².